The van der Waals surface area contributed by atoms with Crippen LogP contribution in [0.25, 0.3) is 0 Å². The molecule has 1 aliphatic heterocycles. The molecule has 33 heavy (non-hydrogen) atoms. The fourth-order valence-corrected chi connectivity index (χ4v) is 5.47. The number of halogens is 2. The topological polar surface area (TPSA) is 44.8 Å². The van der Waals surface area contributed by atoms with Crippen molar-refractivity contribution in [1.29, 1.82) is 0 Å². The Kier molecular flexibility index (Phi) is 7.93. The lowest BCUT2D eigenvalue weighted by atomic mass is 10.2. The first-order valence-electron chi connectivity index (χ1n) is 10.6. The summed E-state index contributed by atoms with van der Waals surface area (Å²) >= 11 is 6.12. The lowest BCUT2D eigenvalue weighted by Gasteiger charge is -2.38. The van der Waals surface area contributed by atoms with Crippen LogP contribution in [0.3, 0.4) is 0 Å². The number of hydrogen-bond donors (Lipinski definition) is 1. The number of rotatable bonds is 7. The molecule has 1 N–H and O–H groups in total. The molecule has 1 saturated heterocycles. The zero-order valence-corrected chi connectivity index (χ0v) is 20.9. The van der Waals surface area contributed by atoms with Crippen LogP contribution in [0.15, 0.2) is 76.5 Å². The third-order valence-electron chi connectivity index (χ3n) is 5.30. The van der Waals surface area contributed by atoms with Crippen molar-refractivity contribution in [2.24, 2.45) is 0 Å². The standard InChI is InChI=1S/C24H26ClFN4OS2/c1-28(2)32-19-8-10-20(11-9-19)33(31)27-22-5-3-4-6-24(22)30-15-13-29(14-16-30)23-12-7-18(25)17-21(23)26/h3-12,17,27H,13-16H2,1-2H3. The molecule has 3 aromatic rings. The zero-order chi connectivity index (χ0) is 23.4. The third kappa shape index (κ3) is 6.07. The van der Waals surface area contributed by atoms with E-state index in [-0.39, 0.29) is 5.82 Å². The van der Waals surface area contributed by atoms with E-state index in [1.54, 1.807) is 24.1 Å². The fourth-order valence-electron chi connectivity index (χ4n) is 3.76. The van der Waals surface area contributed by atoms with E-state index < -0.39 is 11.4 Å². The maximum atomic E-state index is 14.3. The van der Waals surface area contributed by atoms with Crippen LogP contribution in [0.5, 0.6) is 0 Å². The van der Waals surface area contributed by atoms with Crippen molar-refractivity contribution in [2.45, 2.75) is 9.79 Å². The quantitative estimate of drug-likeness (QED) is 0.338. The molecule has 1 heterocycles. The van der Waals surface area contributed by atoms with Gasteiger partial charge >= 0.3 is 0 Å². The van der Waals surface area contributed by atoms with E-state index in [4.69, 9.17) is 11.6 Å². The van der Waals surface area contributed by atoms with Crippen LogP contribution >= 0.6 is 23.5 Å². The maximum absolute atomic E-state index is 14.3. The van der Waals surface area contributed by atoms with Gasteiger partial charge in [0, 0.05) is 36.1 Å². The fraction of sp³-hybridized carbons (Fsp3) is 0.250. The van der Waals surface area contributed by atoms with Gasteiger partial charge in [-0.3, -0.25) is 4.31 Å². The summed E-state index contributed by atoms with van der Waals surface area (Å²) in [7, 11) is 3.97. The number of piperazine rings is 1. The Hall–Kier alpha value is -2.10. The summed E-state index contributed by atoms with van der Waals surface area (Å²) in [6, 6.07) is 20.4. The van der Waals surface area contributed by atoms with Crippen LogP contribution in [0.4, 0.5) is 21.5 Å². The van der Waals surface area contributed by atoms with Gasteiger partial charge in [-0.2, -0.15) is 0 Å². The molecule has 0 aliphatic carbocycles. The molecule has 1 fully saturated rings. The minimum Gasteiger partial charge on any atom is -0.588 e. The van der Waals surface area contributed by atoms with Gasteiger partial charge in [-0.05, 0) is 80.6 Å². The van der Waals surface area contributed by atoms with Gasteiger partial charge in [-0.15, -0.1) is 0 Å². The highest BCUT2D eigenvalue weighted by atomic mass is 35.5. The highest BCUT2D eigenvalue weighted by Gasteiger charge is 2.23. The van der Waals surface area contributed by atoms with Crippen LogP contribution in [0, 0.1) is 5.82 Å². The number of nitrogens with one attached hydrogen (secondary N) is 1. The van der Waals surface area contributed by atoms with Gasteiger partial charge < -0.3 is 14.4 Å². The first-order chi connectivity index (χ1) is 15.9. The van der Waals surface area contributed by atoms with E-state index in [1.165, 1.54) is 6.07 Å². The molecular weight excluding hydrogens is 479 g/mol. The molecular formula is C24H26ClFN4OS2. The van der Waals surface area contributed by atoms with Crippen molar-refractivity contribution in [3.63, 3.8) is 0 Å². The van der Waals surface area contributed by atoms with E-state index in [1.807, 2.05) is 71.8 Å². The largest absolute Gasteiger partial charge is 0.588 e. The molecule has 1 aliphatic rings. The summed E-state index contributed by atoms with van der Waals surface area (Å²) in [4.78, 5) is 6.08. The SMILES string of the molecule is CN(C)Sc1ccc([S+]([O-])Nc2ccccc2N2CCN(c3ccc(Cl)cc3F)CC2)cc1. The van der Waals surface area contributed by atoms with Gasteiger partial charge in [0.1, 0.15) is 22.9 Å². The summed E-state index contributed by atoms with van der Waals surface area (Å²) in [5, 5.41) is 0.397. The van der Waals surface area contributed by atoms with Crippen molar-refractivity contribution in [1.82, 2.24) is 4.31 Å². The number of para-hydroxylation sites is 2. The summed E-state index contributed by atoms with van der Waals surface area (Å²) in [6.07, 6.45) is 0. The molecule has 0 amide bonds. The van der Waals surface area contributed by atoms with Crippen molar-refractivity contribution in [3.8, 4) is 0 Å². The molecule has 4 rings (SSSR count). The van der Waals surface area contributed by atoms with Gasteiger partial charge in [0.25, 0.3) is 0 Å². The normalized spacial score (nSPS) is 15.1. The zero-order valence-electron chi connectivity index (χ0n) is 18.5. The Morgan fingerprint density at radius 2 is 1.58 bits per heavy atom. The first kappa shape index (κ1) is 24.0. The summed E-state index contributed by atoms with van der Waals surface area (Å²) in [5.41, 5.74) is 2.37. The van der Waals surface area contributed by atoms with Gasteiger partial charge in [0.05, 0.1) is 11.4 Å². The molecule has 5 nitrogen and oxygen atoms in total. The van der Waals surface area contributed by atoms with Gasteiger partial charge in [-0.25, -0.2) is 9.11 Å². The van der Waals surface area contributed by atoms with Crippen LogP contribution < -0.4 is 14.5 Å². The van der Waals surface area contributed by atoms with Crippen molar-refractivity contribution < 1.29 is 8.94 Å². The van der Waals surface area contributed by atoms with E-state index in [0.29, 0.717) is 23.8 Å². The molecule has 3 aromatic carbocycles. The van der Waals surface area contributed by atoms with Gasteiger partial charge in [-0.1, -0.05) is 23.7 Å². The summed E-state index contributed by atoms with van der Waals surface area (Å²) < 4.78 is 32.5. The lowest BCUT2D eigenvalue weighted by Crippen LogP contribution is -2.47. The van der Waals surface area contributed by atoms with Crippen molar-refractivity contribution in [3.05, 3.63) is 77.6 Å². The predicted octanol–water partition coefficient (Wildman–Crippen LogP) is 5.51. The Morgan fingerprint density at radius 3 is 2.21 bits per heavy atom. The minimum absolute atomic E-state index is 0.302. The highest BCUT2D eigenvalue weighted by Crippen LogP contribution is 2.31. The van der Waals surface area contributed by atoms with Crippen LogP contribution in [-0.2, 0) is 11.4 Å². The first-order valence-corrected chi connectivity index (χ1v) is 12.9. The monoisotopic (exact) mass is 504 g/mol. The number of hydrogen-bond acceptors (Lipinski definition) is 6. The molecule has 0 saturated carbocycles. The van der Waals surface area contributed by atoms with Crippen molar-refractivity contribution in [2.75, 3.05) is 54.8 Å². The van der Waals surface area contributed by atoms with E-state index in [0.717, 1.165) is 34.3 Å². The summed E-state index contributed by atoms with van der Waals surface area (Å²) in [6.45, 7) is 2.82. The average molecular weight is 505 g/mol. The molecule has 174 valence electrons. The molecule has 0 bridgehead atoms. The van der Waals surface area contributed by atoms with E-state index in [2.05, 4.69) is 9.62 Å². The molecule has 0 spiro atoms. The second-order valence-electron chi connectivity index (χ2n) is 7.83. The Balaban J connectivity index is 1.42. The van der Waals surface area contributed by atoms with E-state index in [9.17, 15) is 8.94 Å². The van der Waals surface area contributed by atoms with Gasteiger partial charge in [0.2, 0.25) is 0 Å². The van der Waals surface area contributed by atoms with Gasteiger partial charge in [0.15, 0.2) is 4.90 Å². The number of nitrogens with zero attached hydrogens (tertiary/aromatic N) is 3. The Labute approximate surface area is 207 Å². The smallest absolute Gasteiger partial charge is 0.180 e. The van der Waals surface area contributed by atoms with Crippen LogP contribution in [0.1, 0.15) is 0 Å². The average Bonchev–Trinajstić information content (AvgIpc) is 2.80. The summed E-state index contributed by atoms with van der Waals surface area (Å²) in [5.74, 6) is -0.302. The predicted molar refractivity (Wildman–Crippen MR) is 138 cm³/mol. The lowest BCUT2D eigenvalue weighted by molar-refractivity contribution is 0.597. The minimum atomic E-state index is -1.38. The molecule has 1 atom stereocenters. The van der Waals surface area contributed by atoms with Crippen molar-refractivity contribution >= 4 is 52.0 Å². The van der Waals surface area contributed by atoms with Crippen LogP contribution in [-0.4, -0.2) is 49.1 Å². The second kappa shape index (κ2) is 10.9. The molecule has 0 aromatic heterocycles. The highest BCUT2D eigenvalue weighted by molar-refractivity contribution is 7.97. The maximum Gasteiger partial charge on any atom is 0.180 e. The number of benzene rings is 3. The Morgan fingerprint density at radius 1 is 0.939 bits per heavy atom. The second-order valence-corrected chi connectivity index (χ2v) is 10.9. The number of anilines is 3. The third-order valence-corrected chi connectivity index (χ3v) is 7.49. The molecule has 1 unspecified atom stereocenters. The Bertz CT molecular complexity index is 1080. The van der Waals surface area contributed by atoms with Crippen LogP contribution in [0.2, 0.25) is 5.02 Å². The van der Waals surface area contributed by atoms with E-state index >= 15 is 0 Å². The molecule has 9 heteroatoms. The molecule has 0 radical (unpaired) electrons.